The highest BCUT2D eigenvalue weighted by molar-refractivity contribution is 6.32. The lowest BCUT2D eigenvalue weighted by Crippen LogP contribution is -2.23. The summed E-state index contributed by atoms with van der Waals surface area (Å²) in [5.74, 6) is 0.423. The van der Waals surface area contributed by atoms with Gasteiger partial charge in [-0.3, -0.25) is 0 Å². The van der Waals surface area contributed by atoms with Crippen molar-refractivity contribution in [3.8, 4) is 0 Å². The van der Waals surface area contributed by atoms with E-state index < -0.39 is 0 Å². The van der Waals surface area contributed by atoms with Gasteiger partial charge in [0.25, 0.3) is 0 Å². The first-order chi connectivity index (χ1) is 7.69. The van der Waals surface area contributed by atoms with E-state index in [0.29, 0.717) is 18.7 Å². The van der Waals surface area contributed by atoms with E-state index in [1.54, 1.807) is 0 Å². The Morgan fingerprint density at radius 1 is 1.31 bits per heavy atom. The third-order valence-electron chi connectivity index (χ3n) is 2.13. The van der Waals surface area contributed by atoms with E-state index in [1.807, 2.05) is 0 Å². The molecule has 0 aromatic carbocycles. The summed E-state index contributed by atoms with van der Waals surface area (Å²) in [6.45, 7) is 0.0484. The molecule has 0 unspecified atom stereocenters. The molecule has 0 saturated carbocycles. The molecule has 16 heavy (non-hydrogen) atoms. The fraction of sp³-hybridized carbons (Fsp3) is 0.556. The average molecular weight is 247 g/mol. The highest BCUT2D eigenvalue weighted by Crippen LogP contribution is 2.23. The van der Waals surface area contributed by atoms with Gasteiger partial charge >= 0.3 is 0 Å². The van der Waals surface area contributed by atoms with Gasteiger partial charge in [0.2, 0.25) is 0 Å². The zero-order valence-electron chi connectivity index (χ0n) is 8.73. The number of rotatable bonds is 6. The van der Waals surface area contributed by atoms with Gasteiger partial charge in [-0.05, 0) is 12.8 Å². The van der Waals surface area contributed by atoms with Crippen LogP contribution in [0.5, 0.6) is 0 Å². The standard InChI is InChI=1S/C9H15ClN4O2/c10-8-7(11)9(13-5-12-8)14-6(1-3-15)2-4-16/h5-6,15-16H,1-4,11H2,(H,12,13,14). The van der Waals surface area contributed by atoms with Crippen molar-refractivity contribution in [2.45, 2.75) is 18.9 Å². The Bertz CT molecular complexity index is 331. The first-order valence-corrected chi connectivity index (χ1v) is 5.31. The third kappa shape index (κ3) is 3.48. The molecule has 90 valence electrons. The summed E-state index contributed by atoms with van der Waals surface area (Å²) in [4.78, 5) is 7.68. The van der Waals surface area contributed by atoms with E-state index in [-0.39, 0.29) is 30.1 Å². The highest BCUT2D eigenvalue weighted by Gasteiger charge is 2.12. The Labute approximate surface area is 98.5 Å². The van der Waals surface area contributed by atoms with Gasteiger partial charge in [0, 0.05) is 19.3 Å². The van der Waals surface area contributed by atoms with Crippen LogP contribution in [0.25, 0.3) is 0 Å². The predicted molar refractivity (Wildman–Crippen MR) is 62.3 cm³/mol. The maximum Gasteiger partial charge on any atom is 0.157 e. The Kier molecular flexibility index (Phi) is 5.24. The second kappa shape index (κ2) is 6.47. The number of aliphatic hydroxyl groups is 2. The monoisotopic (exact) mass is 246 g/mol. The molecule has 0 atom stereocenters. The molecule has 7 heteroatoms. The molecular weight excluding hydrogens is 232 g/mol. The van der Waals surface area contributed by atoms with Gasteiger partial charge in [0.15, 0.2) is 11.0 Å². The molecule has 0 saturated heterocycles. The van der Waals surface area contributed by atoms with Crippen LogP contribution in [0.15, 0.2) is 6.33 Å². The summed E-state index contributed by atoms with van der Waals surface area (Å²) < 4.78 is 0. The number of nitrogens with zero attached hydrogens (tertiary/aromatic N) is 2. The molecule has 0 aliphatic rings. The van der Waals surface area contributed by atoms with Crippen molar-refractivity contribution in [1.82, 2.24) is 9.97 Å². The molecule has 0 aliphatic heterocycles. The lowest BCUT2D eigenvalue weighted by atomic mass is 10.1. The minimum Gasteiger partial charge on any atom is -0.396 e. The molecule has 5 N–H and O–H groups in total. The van der Waals surface area contributed by atoms with Gasteiger partial charge in [-0.15, -0.1) is 0 Å². The van der Waals surface area contributed by atoms with E-state index >= 15 is 0 Å². The maximum atomic E-state index is 8.85. The predicted octanol–water partition coefficient (Wildman–Crippen LogP) is 0.258. The van der Waals surface area contributed by atoms with Crippen molar-refractivity contribution in [2.24, 2.45) is 0 Å². The van der Waals surface area contributed by atoms with Gasteiger partial charge in [0.05, 0.1) is 0 Å². The molecule has 0 aliphatic carbocycles. The zero-order chi connectivity index (χ0) is 12.0. The smallest absolute Gasteiger partial charge is 0.157 e. The summed E-state index contributed by atoms with van der Waals surface area (Å²) >= 11 is 5.74. The van der Waals surface area contributed by atoms with Crippen LogP contribution < -0.4 is 11.1 Å². The Morgan fingerprint density at radius 2 is 1.94 bits per heavy atom. The first-order valence-electron chi connectivity index (χ1n) is 4.93. The van der Waals surface area contributed by atoms with Crippen LogP contribution in [0.4, 0.5) is 11.5 Å². The van der Waals surface area contributed by atoms with E-state index in [1.165, 1.54) is 6.33 Å². The molecule has 1 aromatic rings. The Hall–Kier alpha value is -1.11. The number of nitrogens with one attached hydrogen (secondary N) is 1. The fourth-order valence-electron chi connectivity index (χ4n) is 1.28. The number of hydrogen-bond acceptors (Lipinski definition) is 6. The number of nitrogens with two attached hydrogens (primary N) is 1. The van der Waals surface area contributed by atoms with Crippen LogP contribution in [0.3, 0.4) is 0 Å². The van der Waals surface area contributed by atoms with Crippen molar-refractivity contribution in [1.29, 1.82) is 0 Å². The molecule has 0 bridgehead atoms. The second-order valence-corrected chi connectivity index (χ2v) is 3.65. The quantitative estimate of drug-likeness (QED) is 0.537. The zero-order valence-corrected chi connectivity index (χ0v) is 9.48. The molecule has 0 spiro atoms. The van der Waals surface area contributed by atoms with Crippen LogP contribution in [0.1, 0.15) is 12.8 Å². The fourth-order valence-corrected chi connectivity index (χ4v) is 1.42. The largest absolute Gasteiger partial charge is 0.396 e. The van der Waals surface area contributed by atoms with Crippen LogP contribution >= 0.6 is 11.6 Å². The number of aliphatic hydroxyl groups excluding tert-OH is 2. The van der Waals surface area contributed by atoms with Crippen molar-refractivity contribution in [3.05, 3.63) is 11.5 Å². The lowest BCUT2D eigenvalue weighted by molar-refractivity contribution is 0.248. The van der Waals surface area contributed by atoms with Crippen LogP contribution in [-0.2, 0) is 0 Å². The summed E-state index contributed by atoms with van der Waals surface area (Å²) in [6, 6.07) is -0.0942. The van der Waals surface area contributed by atoms with Crippen molar-refractivity contribution >= 4 is 23.1 Å². The molecule has 1 rings (SSSR count). The van der Waals surface area contributed by atoms with E-state index in [9.17, 15) is 0 Å². The minimum absolute atomic E-state index is 0.0242. The van der Waals surface area contributed by atoms with Gasteiger partial charge in [-0.2, -0.15) is 0 Å². The van der Waals surface area contributed by atoms with Gasteiger partial charge in [-0.25, -0.2) is 9.97 Å². The minimum atomic E-state index is -0.0942. The van der Waals surface area contributed by atoms with Crippen molar-refractivity contribution in [3.63, 3.8) is 0 Å². The van der Waals surface area contributed by atoms with Gasteiger partial charge in [-0.1, -0.05) is 11.6 Å². The summed E-state index contributed by atoms with van der Waals surface area (Å²) in [7, 11) is 0. The molecule has 0 fully saturated rings. The van der Waals surface area contributed by atoms with E-state index in [0.717, 1.165) is 0 Å². The molecule has 6 nitrogen and oxygen atoms in total. The topological polar surface area (TPSA) is 104 Å². The van der Waals surface area contributed by atoms with Crippen LogP contribution in [-0.4, -0.2) is 39.4 Å². The number of nitrogen functional groups attached to an aromatic ring is 1. The van der Waals surface area contributed by atoms with E-state index in [4.69, 9.17) is 27.5 Å². The van der Waals surface area contributed by atoms with E-state index in [2.05, 4.69) is 15.3 Å². The Morgan fingerprint density at radius 3 is 2.50 bits per heavy atom. The molecule has 1 heterocycles. The molecule has 0 radical (unpaired) electrons. The van der Waals surface area contributed by atoms with Crippen molar-refractivity contribution < 1.29 is 10.2 Å². The number of aromatic nitrogens is 2. The molecule has 0 amide bonds. The average Bonchev–Trinajstić information content (AvgIpc) is 2.25. The van der Waals surface area contributed by atoms with Gasteiger partial charge in [0.1, 0.15) is 12.0 Å². The van der Waals surface area contributed by atoms with Crippen molar-refractivity contribution in [2.75, 3.05) is 24.3 Å². The van der Waals surface area contributed by atoms with Crippen LogP contribution in [0.2, 0.25) is 5.15 Å². The summed E-state index contributed by atoms with van der Waals surface area (Å²) in [5.41, 5.74) is 5.95. The number of anilines is 2. The molecule has 1 aromatic heterocycles. The first kappa shape index (κ1) is 13.0. The summed E-state index contributed by atoms with van der Waals surface area (Å²) in [6.07, 6.45) is 2.30. The number of halogens is 1. The highest BCUT2D eigenvalue weighted by atomic mass is 35.5. The summed E-state index contributed by atoms with van der Waals surface area (Å²) in [5, 5.41) is 20.9. The number of hydrogen-bond donors (Lipinski definition) is 4. The second-order valence-electron chi connectivity index (χ2n) is 3.29. The Balaban J connectivity index is 2.72. The normalized spacial score (nSPS) is 10.8. The van der Waals surface area contributed by atoms with Gasteiger partial charge < -0.3 is 21.3 Å². The SMILES string of the molecule is Nc1c(Cl)ncnc1NC(CCO)CCO. The lowest BCUT2D eigenvalue weighted by Gasteiger charge is -2.18. The maximum absolute atomic E-state index is 8.85. The molecular formula is C9H15ClN4O2. The van der Waals surface area contributed by atoms with Crippen LogP contribution in [0, 0.1) is 0 Å². The third-order valence-corrected chi connectivity index (χ3v) is 2.43.